The number of hydrogen-bond donors (Lipinski definition) is 0. The van der Waals surface area contributed by atoms with Crippen LogP contribution in [0.15, 0.2) is 58.4 Å². The number of carbonyl (C=O) groups is 2. The van der Waals surface area contributed by atoms with Gasteiger partial charge in [-0.15, -0.1) is 0 Å². The summed E-state index contributed by atoms with van der Waals surface area (Å²) in [5.74, 6) is -1.22. The van der Waals surface area contributed by atoms with Crippen LogP contribution in [0.3, 0.4) is 0 Å². The van der Waals surface area contributed by atoms with Crippen molar-refractivity contribution in [2.24, 2.45) is 0 Å². The Morgan fingerprint density at radius 2 is 1.83 bits per heavy atom. The summed E-state index contributed by atoms with van der Waals surface area (Å²) < 4.78 is 10.6. The first kappa shape index (κ1) is 18.0. The predicted molar refractivity (Wildman–Crippen MR) is 95.3 cm³/mol. The highest BCUT2D eigenvalue weighted by Gasteiger charge is 2.28. The largest absolute Gasteiger partial charge is 0.465 e. The van der Waals surface area contributed by atoms with Gasteiger partial charge in [0.2, 0.25) is 0 Å². The summed E-state index contributed by atoms with van der Waals surface area (Å²) in [4.78, 5) is 26.2. The van der Waals surface area contributed by atoms with Gasteiger partial charge in [-0.2, -0.15) is 0 Å². The summed E-state index contributed by atoms with van der Waals surface area (Å²) in [5, 5.41) is 0. The number of allylic oxidation sites excluding steroid dienone is 2. The number of anilines is 1. The van der Waals surface area contributed by atoms with Crippen LogP contribution in [-0.4, -0.2) is 26.2 Å². The van der Waals surface area contributed by atoms with Crippen LogP contribution in [0.4, 0.5) is 5.69 Å². The number of methoxy groups -OCH3 is 2. The predicted octanol–water partition coefficient (Wildman–Crippen LogP) is 3.50. The lowest BCUT2D eigenvalue weighted by Crippen LogP contribution is -2.27. The Morgan fingerprint density at radius 3 is 2.46 bits per heavy atom. The number of esters is 2. The van der Waals surface area contributed by atoms with Crippen molar-refractivity contribution in [3.8, 4) is 0 Å². The molecule has 5 nitrogen and oxygen atoms in total. The van der Waals surface area contributed by atoms with Crippen molar-refractivity contribution in [1.29, 1.82) is 0 Å². The molecule has 0 aliphatic carbocycles. The molecule has 1 aliphatic heterocycles. The molecule has 0 fully saturated rings. The molecule has 0 amide bonds. The molecule has 6 heteroatoms. The van der Waals surface area contributed by atoms with Gasteiger partial charge in [-0.25, -0.2) is 9.59 Å². The first-order valence-corrected chi connectivity index (χ1v) is 8.16. The summed E-state index contributed by atoms with van der Waals surface area (Å²) in [6, 6.07) is 5.80. The highest BCUT2D eigenvalue weighted by atomic mass is 79.9. The molecule has 0 saturated heterocycles. The van der Waals surface area contributed by atoms with Crippen LogP contribution in [0.1, 0.15) is 12.5 Å². The SMILES string of the molecule is CCc1ccc(Br)cc1N1C=CC=CC(C(=O)OC)=C1C(=O)OC. The molecule has 126 valence electrons. The maximum atomic E-state index is 12.4. The van der Waals surface area contributed by atoms with Gasteiger partial charge in [0.25, 0.3) is 0 Å². The summed E-state index contributed by atoms with van der Waals surface area (Å²) >= 11 is 3.45. The van der Waals surface area contributed by atoms with Crippen LogP contribution in [0.25, 0.3) is 0 Å². The van der Waals surface area contributed by atoms with Gasteiger partial charge in [0.05, 0.1) is 25.5 Å². The molecule has 1 aromatic carbocycles. The zero-order valence-electron chi connectivity index (χ0n) is 13.7. The van der Waals surface area contributed by atoms with Gasteiger partial charge in [0.1, 0.15) is 5.70 Å². The monoisotopic (exact) mass is 391 g/mol. The summed E-state index contributed by atoms with van der Waals surface area (Å²) in [7, 11) is 2.56. The number of nitrogens with zero attached hydrogens (tertiary/aromatic N) is 1. The molecular formula is C18H18BrNO4. The highest BCUT2D eigenvalue weighted by molar-refractivity contribution is 9.10. The minimum atomic E-state index is -0.617. The van der Waals surface area contributed by atoms with Gasteiger partial charge < -0.3 is 14.4 Å². The number of halogens is 1. The standard InChI is InChI=1S/C18H18BrNO4/c1-4-12-8-9-13(19)11-15(12)20-10-6-5-7-14(17(21)23-2)16(20)18(22)24-3/h5-11H,4H2,1-3H3. The van der Waals surface area contributed by atoms with Crippen molar-refractivity contribution >= 4 is 33.6 Å². The molecule has 0 aromatic heterocycles. The summed E-state index contributed by atoms with van der Waals surface area (Å²) in [5.41, 5.74) is 2.06. The molecule has 0 radical (unpaired) electrons. The Morgan fingerprint density at radius 1 is 1.12 bits per heavy atom. The lowest BCUT2D eigenvalue weighted by molar-refractivity contribution is -0.139. The van der Waals surface area contributed by atoms with Crippen molar-refractivity contribution in [3.63, 3.8) is 0 Å². The minimum absolute atomic E-state index is 0.113. The molecule has 0 saturated carbocycles. The molecule has 0 unspecified atom stereocenters. The number of rotatable bonds is 4. The number of ether oxygens (including phenoxy) is 2. The van der Waals surface area contributed by atoms with E-state index in [1.165, 1.54) is 20.3 Å². The molecule has 0 N–H and O–H groups in total. The van der Waals surface area contributed by atoms with Crippen LogP contribution in [0.5, 0.6) is 0 Å². The van der Waals surface area contributed by atoms with Crippen LogP contribution >= 0.6 is 15.9 Å². The molecule has 24 heavy (non-hydrogen) atoms. The zero-order valence-corrected chi connectivity index (χ0v) is 15.3. The lowest BCUT2D eigenvalue weighted by atomic mass is 10.1. The maximum absolute atomic E-state index is 12.4. The summed E-state index contributed by atoms with van der Waals surface area (Å²) in [6.07, 6.45) is 7.46. The second-order valence-corrected chi connectivity index (χ2v) is 5.86. The normalized spacial score (nSPS) is 13.8. The number of carbonyl (C=O) groups excluding carboxylic acids is 2. The topological polar surface area (TPSA) is 55.8 Å². The van der Waals surface area contributed by atoms with Crippen molar-refractivity contribution in [2.45, 2.75) is 13.3 Å². The highest BCUT2D eigenvalue weighted by Crippen LogP contribution is 2.31. The Bertz CT molecular complexity index is 749. The molecule has 1 heterocycles. The number of hydrogen-bond acceptors (Lipinski definition) is 5. The van der Waals surface area contributed by atoms with Crippen molar-refractivity contribution in [2.75, 3.05) is 19.1 Å². The fraction of sp³-hybridized carbons (Fsp3) is 0.222. The smallest absolute Gasteiger partial charge is 0.355 e. The second kappa shape index (κ2) is 7.97. The fourth-order valence-electron chi connectivity index (χ4n) is 2.41. The van der Waals surface area contributed by atoms with Crippen molar-refractivity contribution < 1.29 is 19.1 Å². The Hall–Kier alpha value is -2.34. The third kappa shape index (κ3) is 3.59. The molecule has 1 aliphatic rings. The van der Waals surface area contributed by atoms with E-state index in [-0.39, 0.29) is 11.3 Å². The average Bonchev–Trinajstić information content (AvgIpc) is 2.83. The maximum Gasteiger partial charge on any atom is 0.355 e. The Balaban J connectivity index is 2.72. The van der Waals surface area contributed by atoms with E-state index in [4.69, 9.17) is 9.47 Å². The molecule has 1 aromatic rings. The first-order valence-electron chi connectivity index (χ1n) is 7.36. The third-order valence-corrected chi connectivity index (χ3v) is 4.07. The third-order valence-electron chi connectivity index (χ3n) is 3.58. The quantitative estimate of drug-likeness (QED) is 0.735. The van der Waals surface area contributed by atoms with E-state index in [2.05, 4.69) is 15.9 Å². The van der Waals surface area contributed by atoms with E-state index in [1.54, 1.807) is 23.3 Å². The fourth-order valence-corrected chi connectivity index (χ4v) is 2.76. The molecular weight excluding hydrogens is 374 g/mol. The van der Waals surface area contributed by atoms with Gasteiger partial charge in [0.15, 0.2) is 0 Å². The van der Waals surface area contributed by atoms with Crippen molar-refractivity contribution in [1.82, 2.24) is 0 Å². The second-order valence-electron chi connectivity index (χ2n) is 4.94. The Kier molecular flexibility index (Phi) is 5.98. The van der Waals surface area contributed by atoms with Crippen LogP contribution in [0, 0.1) is 0 Å². The molecule has 0 atom stereocenters. The lowest BCUT2D eigenvalue weighted by Gasteiger charge is -2.25. The van der Waals surface area contributed by atoms with Crippen LogP contribution in [-0.2, 0) is 25.5 Å². The molecule has 0 bridgehead atoms. The zero-order chi connectivity index (χ0) is 17.7. The van der Waals surface area contributed by atoms with Gasteiger partial charge in [0, 0.05) is 10.7 Å². The van der Waals surface area contributed by atoms with E-state index < -0.39 is 11.9 Å². The number of benzene rings is 1. The first-order chi connectivity index (χ1) is 11.5. The molecule has 2 rings (SSSR count). The van der Waals surface area contributed by atoms with Crippen LogP contribution in [0.2, 0.25) is 0 Å². The van der Waals surface area contributed by atoms with E-state index in [0.717, 1.165) is 22.1 Å². The van der Waals surface area contributed by atoms with Gasteiger partial charge in [-0.1, -0.05) is 35.0 Å². The van der Waals surface area contributed by atoms with Crippen LogP contribution < -0.4 is 4.90 Å². The Labute approximate surface area is 149 Å². The van der Waals surface area contributed by atoms with Gasteiger partial charge >= 0.3 is 11.9 Å². The minimum Gasteiger partial charge on any atom is -0.465 e. The van der Waals surface area contributed by atoms with E-state index in [9.17, 15) is 9.59 Å². The van der Waals surface area contributed by atoms with Gasteiger partial charge in [-0.05, 0) is 36.3 Å². The number of aryl methyl sites for hydroxylation is 1. The summed E-state index contributed by atoms with van der Waals surface area (Å²) in [6.45, 7) is 2.02. The van der Waals surface area contributed by atoms with Crippen molar-refractivity contribution in [3.05, 3.63) is 63.9 Å². The average molecular weight is 392 g/mol. The van der Waals surface area contributed by atoms with Gasteiger partial charge in [-0.3, -0.25) is 0 Å². The van der Waals surface area contributed by atoms with E-state index in [1.807, 2.05) is 25.1 Å². The van der Waals surface area contributed by atoms with E-state index in [0.29, 0.717) is 0 Å². The molecule has 0 spiro atoms. The van der Waals surface area contributed by atoms with E-state index >= 15 is 0 Å².